The molecule has 0 aliphatic carbocycles. The van der Waals surface area contributed by atoms with Crippen molar-refractivity contribution in [3.63, 3.8) is 0 Å². The summed E-state index contributed by atoms with van der Waals surface area (Å²) >= 11 is 0. The lowest BCUT2D eigenvalue weighted by Gasteiger charge is -2.17. The van der Waals surface area contributed by atoms with Crippen LogP contribution < -0.4 is 5.56 Å². The summed E-state index contributed by atoms with van der Waals surface area (Å²) in [4.78, 5) is 41.1. The van der Waals surface area contributed by atoms with Gasteiger partial charge in [0.1, 0.15) is 0 Å². The summed E-state index contributed by atoms with van der Waals surface area (Å²) in [5.74, 6) is -2.11. The Bertz CT molecular complexity index is 1070. The third kappa shape index (κ3) is 2.99. The number of hydrogen-bond donors (Lipinski definition) is 2. The molecule has 0 saturated carbocycles. The Hall–Kier alpha value is -3.41. The van der Waals surface area contributed by atoms with E-state index in [0.29, 0.717) is 22.9 Å². The maximum Gasteiger partial charge on any atom is 0.308 e. The molecule has 2 N–H and O–H groups in total. The number of hydrogen-bond acceptors (Lipinski definition) is 3. The van der Waals surface area contributed by atoms with Crippen molar-refractivity contribution in [3.05, 3.63) is 82.3 Å². The quantitative estimate of drug-likeness (QED) is 0.749. The van der Waals surface area contributed by atoms with Crippen LogP contribution >= 0.6 is 0 Å². The number of carboxylic acid groups (broad SMARTS) is 1. The number of carbonyl (C=O) groups is 2. The minimum Gasteiger partial charge on any atom is -0.481 e. The van der Waals surface area contributed by atoms with Gasteiger partial charge in [0.15, 0.2) is 0 Å². The summed E-state index contributed by atoms with van der Waals surface area (Å²) < 4.78 is 0. The zero-order valence-electron chi connectivity index (χ0n) is 14.5. The van der Waals surface area contributed by atoms with Gasteiger partial charge in [0, 0.05) is 36.0 Å². The molecule has 27 heavy (non-hydrogen) atoms. The number of aliphatic carboxylic acids is 1. The number of pyridine rings is 1. The Morgan fingerprint density at radius 1 is 0.963 bits per heavy atom. The van der Waals surface area contributed by atoms with Crippen molar-refractivity contribution in [2.45, 2.75) is 5.92 Å². The molecule has 1 aliphatic heterocycles. The van der Waals surface area contributed by atoms with Gasteiger partial charge in [-0.05, 0) is 11.6 Å². The van der Waals surface area contributed by atoms with Gasteiger partial charge in [0.2, 0.25) is 0 Å². The molecule has 6 nitrogen and oxygen atoms in total. The fourth-order valence-corrected chi connectivity index (χ4v) is 3.81. The number of nitrogens with one attached hydrogen (secondary N) is 1. The molecule has 1 saturated heterocycles. The smallest absolute Gasteiger partial charge is 0.308 e. The van der Waals surface area contributed by atoms with Crippen LogP contribution in [0.4, 0.5) is 0 Å². The number of nitrogens with zero attached hydrogens (tertiary/aromatic N) is 1. The first-order valence-corrected chi connectivity index (χ1v) is 8.73. The van der Waals surface area contributed by atoms with Crippen molar-refractivity contribution in [1.29, 1.82) is 0 Å². The van der Waals surface area contributed by atoms with Gasteiger partial charge in [-0.1, -0.05) is 48.5 Å². The Morgan fingerprint density at radius 2 is 1.63 bits per heavy atom. The summed E-state index contributed by atoms with van der Waals surface area (Å²) in [5, 5.41) is 10.7. The van der Waals surface area contributed by atoms with Crippen LogP contribution in [-0.2, 0) is 4.79 Å². The lowest BCUT2D eigenvalue weighted by molar-refractivity contribution is -0.141. The van der Waals surface area contributed by atoms with Crippen molar-refractivity contribution in [3.8, 4) is 0 Å². The van der Waals surface area contributed by atoms with Crippen LogP contribution in [0.15, 0.2) is 65.6 Å². The summed E-state index contributed by atoms with van der Waals surface area (Å²) in [6, 6.07) is 16.3. The molecule has 2 heterocycles. The van der Waals surface area contributed by atoms with Gasteiger partial charge in [0.05, 0.1) is 11.5 Å². The standard InChI is InChI=1S/C21H18N2O4/c24-19-15-9-5-4-8-14(15)16(10-22-19)20(25)23-11-17(18(12-23)21(26)27)13-6-2-1-3-7-13/h1-10,17-18H,11-12H2,(H,22,24)(H,26,27)/t17-,18+/m0/s1. The molecule has 136 valence electrons. The Balaban J connectivity index is 1.70. The van der Waals surface area contributed by atoms with E-state index in [4.69, 9.17) is 0 Å². The normalized spacial score (nSPS) is 19.3. The molecule has 0 spiro atoms. The van der Waals surface area contributed by atoms with E-state index in [1.165, 1.54) is 6.20 Å². The lowest BCUT2D eigenvalue weighted by Crippen LogP contribution is -2.30. The second-order valence-corrected chi connectivity index (χ2v) is 6.75. The van der Waals surface area contributed by atoms with Gasteiger partial charge < -0.3 is 15.0 Å². The summed E-state index contributed by atoms with van der Waals surface area (Å²) in [7, 11) is 0. The van der Waals surface area contributed by atoms with Gasteiger partial charge in [-0.2, -0.15) is 0 Å². The first-order chi connectivity index (χ1) is 13.1. The fraction of sp³-hybridized carbons (Fsp3) is 0.190. The number of rotatable bonds is 3. The van der Waals surface area contributed by atoms with E-state index in [0.717, 1.165) is 5.56 Å². The number of aromatic nitrogens is 1. The Labute approximate surface area is 155 Å². The van der Waals surface area contributed by atoms with Gasteiger partial charge in [-0.3, -0.25) is 14.4 Å². The predicted octanol–water partition coefficient (Wildman–Crippen LogP) is 2.47. The van der Waals surface area contributed by atoms with Crippen LogP contribution in [0.5, 0.6) is 0 Å². The van der Waals surface area contributed by atoms with E-state index in [1.807, 2.05) is 30.3 Å². The summed E-state index contributed by atoms with van der Waals surface area (Å²) in [6.45, 7) is 0.467. The van der Waals surface area contributed by atoms with Crippen molar-refractivity contribution >= 4 is 22.6 Å². The number of likely N-dealkylation sites (tertiary alicyclic amines) is 1. The molecule has 1 aromatic heterocycles. The predicted molar refractivity (Wildman–Crippen MR) is 101 cm³/mol. The van der Waals surface area contributed by atoms with E-state index in [9.17, 15) is 19.5 Å². The van der Waals surface area contributed by atoms with Gasteiger partial charge in [-0.25, -0.2) is 0 Å². The summed E-state index contributed by atoms with van der Waals surface area (Å²) in [5.41, 5.74) is 1.03. The first kappa shape index (κ1) is 17.0. The highest BCUT2D eigenvalue weighted by atomic mass is 16.4. The highest BCUT2D eigenvalue weighted by Gasteiger charge is 2.40. The molecule has 4 rings (SSSR count). The van der Waals surface area contributed by atoms with Gasteiger partial charge in [0.25, 0.3) is 11.5 Å². The second kappa shape index (κ2) is 6.72. The maximum atomic E-state index is 13.1. The topological polar surface area (TPSA) is 90.5 Å². The highest BCUT2D eigenvalue weighted by molar-refractivity contribution is 6.06. The molecular weight excluding hydrogens is 344 g/mol. The van der Waals surface area contributed by atoms with Crippen molar-refractivity contribution in [2.24, 2.45) is 5.92 Å². The molecule has 2 aromatic carbocycles. The molecule has 0 radical (unpaired) electrons. The van der Waals surface area contributed by atoms with Crippen LogP contribution in [0.3, 0.4) is 0 Å². The lowest BCUT2D eigenvalue weighted by atomic mass is 9.89. The van der Waals surface area contributed by atoms with E-state index >= 15 is 0 Å². The van der Waals surface area contributed by atoms with Gasteiger partial charge in [-0.15, -0.1) is 0 Å². The molecular formula is C21H18N2O4. The number of benzene rings is 2. The first-order valence-electron chi connectivity index (χ1n) is 8.73. The second-order valence-electron chi connectivity index (χ2n) is 6.75. The number of amides is 1. The average Bonchev–Trinajstić information content (AvgIpc) is 3.15. The molecule has 0 unspecified atom stereocenters. The molecule has 2 atom stereocenters. The number of fused-ring (bicyclic) bond motifs is 1. The van der Waals surface area contributed by atoms with Crippen LogP contribution in [0.2, 0.25) is 0 Å². The Kier molecular flexibility index (Phi) is 4.24. The number of carboxylic acids is 1. The zero-order valence-corrected chi connectivity index (χ0v) is 14.5. The largest absolute Gasteiger partial charge is 0.481 e. The minimum absolute atomic E-state index is 0.140. The third-order valence-corrected chi connectivity index (χ3v) is 5.19. The van der Waals surface area contributed by atoms with Crippen molar-refractivity contribution < 1.29 is 14.7 Å². The maximum absolute atomic E-state index is 13.1. The minimum atomic E-state index is -0.912. The van der Waals surface area contributed by atoms with Gasteiger partial charge >= 0.3 is 5.97 Å². The number of aromatic amines is 1. The van der Waals surface area contributed by atoms with Crippen molar-refractivity contribution in [1.82, 2.24) is 9.88 Å². The monoisotopic (exact) mass is 362 g/mol. The zero-order chi connectivity index (χ0) is 19.0. The third-order valence-electron chi connectivity index (χ3n) is 5.19. The molecule has 3 aromatic rings. The van der Waals surface area contributed by atoms with E-state index in [1.54, 1.807) is 29.2 Å². The average molecular weight is 362 g/mol. The highest BCUT2D eigenvalue weighted by Crippen LogP contribution is 2.34. The number of H-pyrrole nitrogens is 1. The Morgan fingerprint density at radius 3 is 2.33 bits per heavy atom. The van der Waals surface area contributed by atoms with E-state index in [2.05, 4.69) is 4.98 Å². The molecule has 1 amide bonds. The van der Waals surface area contributed by atoms with Crippen LogP contribution in [0.1, 0.15) is 21.8 Å². The molecule has 1 fully saturated rings. The van der Waals surface area contributed by atoms with Crippen LogP contribution in [-0.4, -0.2) is 40.0 Å². The summed E-state index contributed by atoms with van der Waals surface area (Å²) in [6.07, 6.45) is 1.42. The van der Waals surface area contributed by atoms with E-state index in [-0.39, 0.29) is 23.9 Å². The SMILES string of the molecule is O=C(O)[C@@H]1CN(C(=O)c2c[nH]c(=O)c3ccccc23)C[C@H]1c1ccccc1. The van der Waals surface area contributed by atoms with Crippen molar-refractivity contribution in [2.75, 3.05) is 13.1 Å². The van der Waals surface area contributed by atoms with E-state index < -0.39 is 11.9 Å². The van der Waals surface area contributed by atoms with Crippen LogP contribution in [0, 0.1) is 5.92 Å². The molecule has 6 heteroatoms. The molecule has 1 aliphatic rings. The fourth-order valence-electron chi connectivity index (χ4n) is 3.81. The molecule has 0 bridgehead atoms. The van der Waals surface area contributed by atoms with Crippen LogP contribution in [0.25, 0.3) is 10.8 Å². The number of carbonyl (C=O) groups excluding carboxylic acids is 1.